The second kappa shape index (κ2) is 11.6. The lowest BCUT2D eigenvalue weighted by molar-refractivity contribution is -0.137. The van der Waals surface area contributed by atoms with E-state index < -0.39 is 11.9 Å². The van der Waals surface area contributed by atoms with Crippen molar-refractivity contribution in [2.75, 3.05) is 13.7 Å². The van der Waals surface area contributed by atoms with Crippen LogP contribution in [0.4, 0.5) is 4.39 Å². The van der Waals surface area contributed by atoms with Gasteiger partial charge in [0.15, 0.2) is 23.1 Å². The molecule has 228 valence electrons. The highest BCUT2D eigenvalue weighted by atomic mass is 79.9. The van der Waals surface area contributed by atoms with E-state index in [2.05, 4.69) is 15.9 Å². The van der Waals surface area contributed by atoms with Crippen LogP contribution in [0.2, 0.25) is 0 Å². The molecular weight excluding hydrogens is 617 g/mol. The van der Waals surface area contributed by atoms with E-state index in [1.807, 2.05) is 44.7 Å². The smallest absolute Gasteiger partial charge is 0.305 e. The van der Waals surface area contributed by atoms with Crippen LogP contribution in [0.15, 0.2) is 63.4 Å². The second-order valence-corrected chi connectivity index (χ2v) is 14.1. The van der Waals surface area contributed by atoms with E-state index >= 15 is 0 Å². The first-order valence-corrected chi connectivity index (χ1v) is 15.3. The number of carbonyl (C=O) groups is 3. The van der Waals surface area contributed by atoms with E-state index in [1.54, 1.807) is 12.1 Å². The number of rotatable bonds is 8. The number of hydrogen-bond acceptors (Lipinski definition) is 6. The first-order valence-electron chi connectivity index (χ1n) is 14.5. The standard InChI is InChI=1S/C34H37BrFNO6/c1-33(2)14-23-30(25(38)16-33)29(31-24(37(23)11-10-28(40)41)15-34(3,4)17-26(31)39)20-12-22(35)32(27(13-20)42-5)43-18-19-6-8-21(36)9-7-19/h6-9,12-13,29H,10-11,14-18H2,1-5H3,(H,40,41). The Morgan fingerprint density at radius 2 is 1.53 bits per heavy atom. The lowest BCUT2D eigenvalue weighted by Crippen LogP contribution is -2.45. The van der Waals surface area contributed by atoms with Crippen LogP contribution in [-0.4, -0.2) is 41.2 Å². The number of carboxylic acid groups (broad SMARTS) is 1. The maximum absolute atomic E-state index is 14.0. The quantitative estimate of drug-likeness (QED) is 0.319. The Bertz CT molecular complexity index is 1500. The summed E-state index contributed by atoms with van der Waals surface area (Å²) in [6.45, 7) is 8.56. The average Bonchev–Trinajstić information content (AvgIpc) is 2.90. The molecule has 0 unspecified atom stereocenters. The maximum atomic E-state index is 14.0. The summed E-state index contributed by atoms with van der Waals surface area (Å²) in [4.78, 5) is 41.6. The predicted octanol–water partition coefficient (Wildman–Crippen LogP) is 7.34. The van der Waals surface area contributed by atoms with Crippen molar-refractivity contribution in [2.24, 2.45) is 10.8 Å². The van der Waals surface area contributed by atoms with Gasteiger partial charge in [0.1, 0.15) is 12.4 Å². The number of ether oxygens (including phenoxy) is 2. The molecule has 0 bridgehead atoms. The van der Waals surface area contributed by atoms with Crippen molar-refractivity contribution in [3.63, 3.8) is 0 Å². The molecule has 2 aromatic carbocycles. The normalized spacial score (nSPS) is 19.7. The SMILES string of the molecule is COc1cc(C2C3=C(CC(C)(C)CC3=O)N(CCC(=O)O)C3=C2C(=O)CC(C)(C)C3)cc(Br)c1OCc1ccc(F)cc1. The van der Waals surface area contributed by atoms with Crippen molar-refractivity contribution in [3.8, 4) is 11.5 Å². The van der Waals surface area contributed by atoms with Gasteiger partial charge in [-0.25, -0.2) is 4.39 Å². The van der Waals surface area contributed by atoms with Crippen LogP contribution in [0.3, 0.4) is 0 Å². The van der Waals surface area contributed by atoms with E-state index in [4.69, 9.17) is 9.47 Å². The molecular formula is C34H37BrFNO6. The monoisotopic (exact) mass is 653 g/mol. The zero-order valence-corrected chi connectivity index (χ0v) is 26.8. The molecule has 0 fully saturated rings. The molecule has 2 aliphatic carbocycles. The van der Waals surface area contributed by atoms with Crippen LogP contribution in [0.5, 0.6) is 11.5 Å². The van der Waals surface area contributed by atoms with Gasteiger partial charge in [-0.05, 0) is 75.0 Å². The predicted molar refractivity (Wildman–Crippen MR) is 163 cm³/mol. The van der Waals surface area contributed by atoms with Gasteiger partial charge in [0.25, 0.3) is 0 Å². The number of halogens is 2. The van der Waals surface area contributed by atoms with Crippen LogP contribution >= 0.6 is 15.9 Å². The lowest BCUT2D eigenvalue weighted by atomic mass is 9.63. The molecule has 0 radical (unpaired) electrons. The van der Waals surface area contributed by atoms with Gasteiger partial charge in [0.2, 0.25) is 0 Å². The van der Waals surface area contributed by atoms with Gasteiger partial charge in [0.05, 0.1) is 18.0 Å². The van der Waals surface area contributed by atoms with Crippen molar-refractivity contribution in [2.45, 2.75) is 72.3 Å². The molecule has 0 spiro atoms. The third-order valence-electron chi connectivity index (χ3n) is 8.45. The third kappa shape index (κ3) is 6.28. The third-order valence-corrected chi connectivity index (χ3v) is 9.04. The van der Waals surface area contributed by atoms with Gasteiger partial charge in [-0.2, -0.15) is 0 Å². The first-order chi connectivity index (χ1) is 20.2. The molecule has 0 amide bonds. The molecule has 1 N–H and O–H groups in total. The largest absolute Gasteiger partial charge is 0.493 e. The molecule has 9 heteroatoms. The van der Waals surface area contributed by atoms with Crippen molar-refractivity contribution in [1.29, 1.82) is 0 Å². The number of nitrogens with zero attached hydrogens (tertiary/aromatic N) is 1. The average molecular weight is 655 g/mol. The van der Waals surface area contributed by atoms with Crippen molar-refractivity contribution in [1.82, 2.24) is 4.90 Å². The van der Waals surface area contributed by atoms with E-state index in [-0.39, 0.29) is 47.8 Å². The minimum atomic E-state index is -0.931. The number of allylic oxidation sites excluding steroid dienone is 4. The van der Waals surface area contributed by atoms with Crippen molar-refractivity contribution in [3.05, 3.63) is 80.4 Å². The van der Waals surface area contributed by atoms with Crippen LogP contribution in [0.25, 0.3) is 0 Å². The van der Waals surface area contributed by atoms with Gasteiger partial charge in [0, 0.05) is 47.8 Å². The fraction of sp³-hybridized carbons (Fsp3) is 0.441. The Morgan fingerprint density at radius 3 is 2.05 bits per heavy atom. The van der Waals surface area contributed by atoms with Gasteiger partial charge in [-0.1, -0.05) is 39.8 Å². The summed E-state index contributed by atoms with van der Waals surface area (Å²) in [6, 6.07) is 9.73. The highest BCUT2D eigenvalue weighted by molar-refractivity contribution is 9.10. The van der Waals surface area contributed by atoms with E-state index in [0.29, 0.717) is 52.8 Å². The molecule has 7 nitrogen and oxygen atoms in total. The van der Waals surface area contributed by atoms with Crippen LogP contribution in [0, 0.1) is 16.6 Å². The number of carbonyl (C=O) groups excluding carboxylic acids is 2. The first kappa shape index (κ1) is 31.0. The maximum Gasteiger partial charge on any atom is 0.305 e. The zero-order valence-electron chi connectivity index (χ0n) is 25.2. The number of methoxy groups -OCH3 is 1. The highest BCUT2D eigenvalue weighted by Crippen LogP contribution is 2.55. The van der Waals surface area contributed by atoms with Gasteiger partial charge in [-0.15, -0.1) is 0 Å². The highest BCUT2D eigenvalue weighted by Gasteiger charge is 2.49. The number of aliphatic carboxylic acids is 1. The molecule has 43 heavy (non-hydrogen) atoms. The molecule has 0 saturated carbocycles. The summed E-state index contributed by atoms with van der Waals surface area (Å²) >= 11 is 3.64. The van der Waals surface area contributed by atoms with Gasteiger partial charge in [-0.3, -0.25) is 14.4 Å². The Hall–Kier alpha value is -3.46. The summed E-state index contributed by atoms with van der Waals surface area (Å²) in [5, 5.41) is 9.58. The van der Waals surface area contributed by atoms with E-state index in [9.17, 15) is 23.9 Å². The van der Waals surface area contributed by atoms with Gasteiger partial charge < -0.3 is 19.5 Å². The van der Waals surface area contributed by atoms with Crippen molar-refractivity contribution < 1.29 is 33.4 Å². The fourth-order valence-corrected chi connectivity index (χ4v) is 7.22. The molecule has 3 aliphatic rings. The Morgan fingerprint density at radius 1 is 0.977 bits per heavy atom. The number of ketones is 2. The summed E-state index contributed by atoms with van der Waals surface area (Å²) in [5.41, 5.74) is 3.61. The summed E-state index contributed by atoms with van der Waals surface area (Å²) in [6.07, 6.45) is 1.73. The van der Waals surface area contributed by atoms with Crippen LogP contribution < -0.4 is 9.47 Å². The number of carboxylic acids is 1. The van der Waals surface area contributed by atoms with Crippen molar-refractivity contribution >= 4 is 33.5 Å². The minimum absolute atomic E-state index is 0.0347. The summed E-state index contributed by atoms with van der Waals surface area (Å²) in [7, 11) is 1.53. The summed E-state index contributed by atoms with van der Waals surface area (Å²) < 4.78 is 25.8. The number of benzene rings is 2. The second-order valence-electron chi connectivity index (χ2n) is 13.3. The van der Waals surface area contributed by atoms with Crippen LogP contribution in [0.1, 0.15) is 76.8 Å². The molecule has 5 rings (SSSR count). The number of Topliss-reactive ketones (excluding diaryl/α,β-unsaturated/α-hetero) is 2. The molecule has 0 aromatic heterocycles. The molecule has 2 aromatic rings. The zero-order chi connectivity index (χ0) is 31.3. The molecule has 1 aliphatic heterocycles. The Kier molecular flexibility index (Phi) is 8.33. The minimum Gasteiger partial charge on any atom is -0.493 e. The molecule has 0 atom stereocenters. The topological polar surface area (TPSA) is 93.1 Å². The Labute approximate surface area is 259 Å². The van der Waals surface area contributed by atoms with Gasteiger partial charge >= 0.3 is 5.97 Å². The molecule has 1 heterocycles. The van der Waals surface area contributed by atoms with E-state index in [1.165, 1.54) is 19.2 Å². The lowest BCUT2D eigenvalue weighted by Gasteiger charge is -2.49. The summed E-state index contributed by atoms with van der Waals surface area (Å²) in [5.74, 6) is -1.07. The number of hydrogen-bond donors (Lipinski definition) is 1. The molecule has 0 saturated heterocycles. The fourth-order valence-electron chi connectivity index (χ4n) is 6.64. The Balaban J connectivity index is 1.65. The van der Waals surface area contributed by atoms with E-state index in [0.717, 1.165) is 22.5 Å². The van der Waals surface area contributed by atoms with Crippen LogP contribution in [-0.2, 0) is 21.0 Å².